The van der Waals surface area contributed by atoms with Crippen molar-refractivity contribution in [2.24, 2.45) is 7.05 Å². The van der Waals surface area contributed by atoms with E-state index in [1.54, 1.807) is 13.1 Å². The van der Waals surface area contributed by atoms with Crippen LogP contribution in [0.1, 0.15) is 31.7 Å². The number of hydrogen-bond donors (Lipinski definition) is 3. The molecule has 17 heavy (non-hydrogen) atoms. The Morgan fingerprint density at radius 1 is 1.71 bits per heavy atom. The topological polar surface area (TPSA) is 92.1 Å². The standard InChI is InChI=1S/C6H10N2O.C5H9NO2/c1-5(9)6-7-3-4-8(6)2;7-5(8)4-2-1-3-6-4/h3-5,9H,1-2H3;4,6H,1-3H2,(H,7,8)/t;4-/m.0/s1. The van der Waals surface area contributed by atoms with E-state index < -0.39 is 12.1 Å². The number of aryl methyl sites for hydroxylation is 1. The van der Waals surface area contributed by atoms with Crippen LogP contribution in [0.3, 0.4) is 0 Å². The van der Waals surface area contributed by atoms with Crippen LogP contribution >= 0.6 is 0 Å². The number of nitrogens with one attached hydrogen (secondary N) is 2. The van der Waals surface area contributed by atoms with Crippen molar-refractivity contribution < 1.29 is 19.6 Å². The van der Waals surface area contributed by atoms with E-state index in [1.165, 1.54) is 0 Å². The molecule has 0 aliphatic carbocycles. The van der Waals surface area contributed by atoms with E-state index >= 15 is 0 Å². The molecule has 1 aromatic rings. The fourth-order valence-corrected chi connectivity index (χ4v) is 1.72. The van der Waals surface area contributed by atoms with Gasteiger partial charge in [-0.3, -0.25) is 0 Å². The van der Waals surface area contributed by atoms with Gasteiger partial charge in [0.2, 0.25) is 0 Å². The van der Waals surface area contributed by atoms with Crippen molar-refractivity contribution in [2.75, 3.05) is 6.54 Å². The molecule has 1 fully saturated rings. The van der Waals surface area contributed by atoms with Crippen molar-refractivity contribution in [3.05, 3.63) is 18.2 Å². The lowest BCUT2D eigenvalue weighted by atomic mass is 10.2. The normalized spacial score (nSPS) is 20.5. The van der Waals surface area contributed by atoms with Gasteiger partial charge in [0.25, 0.3) is 5.82 Å². The molecule has 1 unspecified atom stereocenters. The molecule has 0 bridgehead atoms. The van der Waals surface area contributed by atoms with Crippen LogP contribution in [0.2, 0.25) is 0 Å². The number of nitrogens with zero attached hydrogens (tertiary/aromatic N) is 1. The zero-order valence-electron chi connectivity index (χ0n) is 10.1. The van der Waals surface area contributed by atoms with Crippen LogP contribution in [0.4, 0.5) is 0 Å². The average Bonchev–Trinajstić information content (AvgIpc) is 2.87. The quantitative estimate of drug-likeness (QED) is 0.543. The summed E-state index contributed by atoms with van der Waals surface area (Å²) in [5.41, 5.74) is 0. The molecule has 6 nitrogen and oxygen atoms in total. The number of carbonyl (C=O) groups excluding carboxylic acids is 1. The van der Waals surface area contributed by atoms with Crippen LogP contribution in [0.15, 0.2) is 12.4 Å². The van der Waals surface area contributed by atoms with E-state index in [2.05, 4.69) is 10.3 Å². The molecule has 1 aliphatic rings. The summed E-state index contributed by atoms with van der Waals surface area (Å²) in [6.45, 7) is 2.55. The van der Waals surface area contributed by atoms with Gasteiger partial charge < -0.3 is 20.3 Å². The number of aliphatic carboxylic acids is 1. The molecule has 0 aromatic carbocycles. The molecule has 3 N–H and O–H groups in total. The number of imidazole rings is 1. The van der Waals surface area contributed by atoms with Crippen LogP contribution in [0, 0.1) is 0 Å². The van der Waals surface area contributed by atoms with Gasteiger partial charge in [-0.1, -0.05) is 0 Å². The lowest BCUT2D eigenvalue weighted by Gasteiger charge is -2.08. The van der Waals surface area contributed by atoms with Crippen LogP contribution in [-0.4, -0.2) is 28.6 Å². The summed E-state index contributed by atoms with van der Waals surface area (Å²) in [6.07, 6.45) is 4.93. The Morgan fingerprint density at radius 3 is 2.65 bits per heavy atom. The Labute approximate surface area is 100 Å². The van der Waals surface area contributed by atoms with Gasteiger partial charge in [-0.25, -0.2) is 9.55 Å². The van der Waals surface area contributed by atoms with Crippen LogP contribution < -0.4 is 15.0 Å². The Kier molecular flexibility index (Phi) is 5.11. The minimum absolute atomic E-state index is 0.380. The predicted octanol–water partition coefficient (Wildman–Crippen LogP) is -1.62. The summed E-state index contributed by atoms with van der Waals surface area (Å²) in [7, 11) is 1.89. The molecule has 2 atom stereocenters. The van der Waals surface area contributed by atoms with Gasteiger partial charge in [0.1, 0.15) is 12.4 Å². The number of aromatic nitrogens is 2. The molecule has 0 spiro atoms. The summed E-state index contributed by atoms with van der Waals surface area (Å²) in [5, 5.41) is 21.9. The molecule has 96 valence electrons. The summed E-state index contributed by atoms with van der Waals surface area (Å²) < 4.78 is 1.85. The maximum Gasteiger partial charge on any atom is 0.283 e. The van der Waals surface area contributed by atoms with Crippen molar-refractivity contribution in [3.8, 4) is 0 Å². The summed E-state index contributed by atoms with van der Waals surface area (Å²) in [4.78, 5) is 12.9. The monoisotopic (exact) mass is 241 g/mol. The fourth-order valence-electron chi connectivity index (χ4n) is 1.72. The second-order valence-corrected chi connectivity index (χ2v) is 4.10. The zero-order valence-corrected chi connectivity index (χ0v) is 10.1. The van der Waals surface area contributed by atoms with Crippen LogP contribution in [-0.2, 0) is 11.8 Å². The average molecular weight is 241 g/mol. The molecule has 0 amide bonds. The number of H-pyrrole nitrogens is 1. The molecular formula is C11H19N3O3. The third-order valence-electron chi connectivity index (χ3n) is 2.65. The van der Waals surface area contributed by atoms with Gasteiger partial charge in [-0.2, -0.15) is 0 Å². The second-order valence-electron chi connectivity index (χ2n) is 4.10. The van der Waals surface area contributed by atoms with E-state index in [0.29, 0.717) is 0 Å². The van der Waals surface area contributed by atoms with Crippen molar-refractivity contribution in [2.45, 2.75) is 31.9 Å². The first kappa shape index (κ1) is 13.7. The highest BCUT2D eigenvalue weighted by Gasteiger charge is 2.13. The van der Waals surface area contributed by atoms with Gasteiger partial charge in [0.05, 0.1) is 13.0 Å². The molecule has 0 saturated carbocycles. The largest absolute Gasteiger partial charge is 0.548 e. The predicted molar refractivity (Wildman–Crippen MR) is 58.6 cm³/mol. The van der Waals surface area contributed by atoms with Crippen molar-refractivity contribution >= 4 is 5.97 Å². The van der Waals surface area contributed by atoms with Crippen molar-refractivity contribution in [1.29, 1.82) is 0 Å². The maximum absolute atomic E-state index is 10.0. The molecule has 6 heteroatoms. The first-order valence-corrected chi connectivity index (χ1v) is 5.67. The van der Waals surface area contributed by atoms with E-state index in [0.717, 1.165) is 25.2 Å². The van der Waals surface area contributed by atoms with E-state index in [1.807, 2.05) is 17.8 Å². The Balaban J connectivity index is 0.000000171. The fraction of sp³-hybridized carbons (Fsp3) is 0.636. The van der Waals surface area contributed by atoms with E-state index in [-0.39, 0.29) is 6.04 Å². The van der Waals surface area contributed by atoms with Crippen LogP contribution in [0.5, 0.6) is 0 Å². The Bertz CT molecular complexity index is 357. The smallest absolute Gasteiger partial charge is 0.283 e. The molecular weight excluding hydrogens is 222 g/mol. The summed E-state index contributed by atoms with van der Waals surface area (Å²) >= 11 is 0. The Hall–Kier alpha value is -1.40. The highest BCUT2D eigenvalue weighted by Crippen LogP contribution is 2.02. The van der Waals surface area contributed by atoms with Gasteiger partial charge in [-0.05, 0) is 26.3 Å². The third kappa shape index (κ3) is 4.16. The van der Waals surface area contributed by atoms with Gasteiger partial charge >= 0.3 is 0 Å². The SMILES string of the molecule is CC(O)c1[nH]cc[n+]1C.O=C([O-])[C@@H]1CCCN1. The van der Waals surface area contributed by atoms with Crippen molar-refractivity contribution in [1.82, 2.24) is 10.3 Å². The number of rotatable bonds is 2. The molecule has 1 aromatic heterocycles. The maximum atomic E-state index is 10.0. The third-order valence-corrected chi connectivity index (χ3v) is 2.65. The minimum Gasteiger partial charge on any atom is -0.548 e. The number of carboxylic acids is 1. The first-order chi connectivity index (χ1) is 8.02. The zero-order chi connectivity index (χ0) is 12.8. The lowest BCUT2D eigenvalue weighted by Crippen LogP contribution is -2.41. The number of carbonyl (C=O) groups is 1. The van der Waals surface area contributed by atoms with Gasteiger partial charge in [0, 0.05) is 6.04 Å². The number of aliphatic hydroxyl groups excluding tert-OH is 1. The summed E-state index contributed by atoms with van der Waals surface area (Å²) in [5.74, 6) is -0.141. The highest BCUT2D eigenvalue weighted by molar-refractivity contribution is 5.71. The number of aromatic amines is 1. The molecule has 0 radical (unpaired) electrons. The van der Waals surface area contributed by atoms with Crippen molar-refractivity contribution in [3.63, 3.8) is 0 Å². The minimum atomic E-state index is -0.970. The van der Waals surface area contributed by atoms with E-state index in [4.69, 9.17) is 5.11 Å². The molecule has 1 aliphatic heterocycles. The lowest BCUT2D eigenvalue weighted by molar-refractivity contribution is -0.681. The van der Waals surface area contributed by atoms with Gasteiger partial charge in [0.15, 0.2) is 6.10 Å². The molecule has 1 saturated heterocycles. The van der Waals surface area contributed by atoms with Gasteiger partial charge in [-0.15, -0.1) is 0 Å². The molecule has 2 heterocycles. The molecule has 2 rings (SSSR count). The highest BCUT2D eigenvalue weighted by atomic mass is 16.4. The number of carboxylic acid groups (broad SMARTS) is 1. The first-order valence-electron chi connectivity index (χ1n) is 5.67. The van der Waals surface area contributed by atoms with E-state index in [9.17, 15) is 9.90 Å². The second kappa shape index (κ2) is 6.36. The number of aliphatic hydroxyl groups is 1. The Morgan fingerprint density at radius 2 is 2.41 bits per heavy atom. The summed E-state index contributed by atoms with van der Waals surface area (Å²) in [6, 6.07) is -0.380. The van der Waals surface area contributed by atoms with Crippen LogP contribution in [0.25, 0.3) is 0 Å². The number of hydrogen-bond acceptors (Lipinski definition) is 4.